The monoisotopic (exact) mass is 433 g/mol. The molecule has 1 aromatic carbocycles. The molecule has 10 heteroatoms. The standard InChI is InChI=1S/C21H23N9S/c1-14(17-24-19(22)26-20(25-17)29(2)3)31-21-28-27-18(16-10-7-11-23-12-16)30(21)13-15-8-5-4-6-9-15/h4-12,14H,13H2,1-3H3,(H2,22,24,25,26)/t14-/m0/s1. The first-order valence-electron chi connectivity index (χ1n) is 9.74. The fraction of sp³-hybridized carbons (Fsp3) is 0.238. The van der Waals surface area contributed by atoms with Gasteiger partial charge in [0, 0.05) is 32.1 Å². The maximum absolute atomic E-state index is 5.90. The molecule has 3 aromatic heterocycles. The summed E-state index contributed by atoms with van der Waals surface area (Å²) in [6.07, 6.45) is 3.53. The first-order valence-corrected chi connectivity index (χ1v) is 10.6. The molecule has 9 nitrogen and oxygen atoms in total. The van der Waals surface area contributed by atoms with E-state index in [0.29, 0.717) is 18.3 Å². The summed E-state index contributed by atoms with van der Waals surface area (Å²) in [7, 11) is 3.74. The molecule has 0 aliphatic rings. The van der Waals surface area contributed by atoms with E-state index in [1.165, 1.54) is 11.8 Å². The summed E-state index contributed by atoms with van der Waals surface area (Å²) >= 11 is 1.53. The molecule has 4 aromatic rings. The first kappa shape index (κ1) is 20.7. The van der Waals surface area contributed by atoms with E-state index >= 15 is 0 Å². The fourth-order valence-corrected chi connectivity index (χ4v) is 3.88. The molecule has 0 amide bonds. The maximum Gasteiger partial charge on any atom is 0.229 e. The molecule has 3 heterocycles. The number of nitrogens with two attached hydrogens (primary N) is 1. The van der Waals surface area contributed by atoms with Crippen LogP contribution in [0.25, 0.3) is 11.4 Å². The lowest BCUT2D eigenvalue weighted by atomic mass is 10.2. The lowest BCUT2D eigenvalue weighted by Gasteiger charge is -2.15. The Hall–Kier alpha value is -3.53. The minimum absolute atomic E-state index is 0.107. The highest BCUT2D eigenvalue weighted by Gasteiger charge is 2.21. The van der Waals surface area contributed by atoms with Gasteiger partial charge in [-0.1, -0.05) is 42.1 Å². The highest BCUT2D eigenvalue weighted by molar-refractivity contribution is 7.99. The van der Waals surface area contributed by atoms with Gasteiger partial charge in [0.1, 0.15) is 5.82 Å². The van der Waals surface area contributed by atoms with Crippen LogP contribution in [0.15, 0.2) is 60.0 Å². The van der Waals surface area contributed by atoms with Crippen LogP contribution in [0.2, 0.25) is 0 Å². The molecule has 2 N–H and O–H groups in total. The average molecular weight is 434 g/mol. The molecule has 0 fully saturated rings. The van der Waals surface area contributed by atoms with Gasteiger partial charge in [-0.25, -0.2) is 0 Å². The number of hydrogen-bond donors (Lipinski definition) is 1. The number of thioether (sulfide) groups is 1. The van der Waals surface area contributed by atoms with Crippen molar-refractivity contribution in [1.29, 1.82) is 0 Å². The van der Waals surface area contributed by atoms with Crippen molar-refractivity contribution in [2.24, 2.45) is 0 Å². The predicted molar refractivity (Wildman–Crippen MR) is 122 cm³/mol. The van der Waals surface area contributed by atoms with Crippen molar-refractivity contribution >= 4 is 23.7 Å². The van der Waals surface area contributed by atoms with Crippen LogP contribution in [-0.2, 0) is 6.54 Å². The highest BCUT2D eigenvalue weighted by Crippen LogP contribution is 2.34. The molecular weight excluding hydrogens is 410 g/mol. The summed E-state index contributed by atoms with van der Waals surface area (Å²) in [5, 5.41) is 9.59. The minimum atomic E-state index is -0.107. The van der Waals surface area contributed by atoms with E-state index in [4.69, 9.17) is 5.73 Å². The minimum Gasteiger partial charge on any atom is -0.368 e. The van der Waals surface area contributed by atoms with Crippen LogP contribution in [0.4, 0.5) is 11.9 Å². The largest absolute Gasteiger partial charge is 0.368 e. The number of nitrogens with zero attached hydrogens (tertiary/aromatic N) is 8. The second-order valence-electron chi connectivity index (χ2n) is 7.13. The van der Waals surface area contributed by atoms with Crippen molar-refractivity contribution in [2.45, 2.75) is 23.9 Å². The molecule has 0 radical (unpaired) electrons. The summed E-state index contributed by atoms with van der Waals surface area (Å²) in [5.74, 6) is 2.08. The Morgan fingerprint density at radius 3 is 2.55 bits per heavy atom. The molecule has 0 unspecified atom stereocenters. The van der Waals surface area contributed by atoms with E-state index in [1.54, 1.807) is 17.3 Å². The topological polar surface area (TPSA) is 112 Å². The lowest BCUT2D eigenvalue weighted by Crippen LogP contribution is -2.16. The van der Waals surface area contributed by atoms with E-state index < -0.39 is 0 Å². The zero-order valence-electron chi connectivity index (χ0n) is 17.5. The van der Waals surface area contributed by atoms with Crippen molar-refractivity contribution in [3.63, 3.8) is 0 Å². The molecule has 1 atom stereocenters. The van der Waals surface area contributed by atoms with Gasteiger partial charge in [0.15, 0.2) is 11.0 Å². The zero-order valence-corrected chi connectivity index (χ0v) is 18.4. The number of nitrogen functional groups attached to an aromatic ring is 1. The Bertz CT molecular complexity index is 1150. The van der Waals surface area contributed by atoms with Crippen LogP contribution in [0, 0.1) is 0 Å². The molecule has 0 saturated carbocycles. The molecular formula is C21H23N9S. The van der Waals surface area contributed by atoms with E-state index in [2.05, 4.69) is 46.8 Å². The van der Waals surface area contributed by atoms with Gasteiger partial charge >= 0.3 is 0 Å². The van der Waals surface area contributed by atoms with Crippen molar-refractivity contribution < 1.29 is 0 Å². The van der Waals surface area contributed by atoms with Crippen LogP contribution in [-0.4, -0.2) is 48.8 Å². The molecule has 0 saturated heterocycles. The van der Waals surface area contributed by atoms with Gasteiger partial charge in [-0.3, -0.25) is 9.55 Å². The van der Waals surface area contributed by atoms with E-state index in [9.17, 15) is 0 Å². The van der Waals surface area contributed by atoms with Crippen molar-refractivity contribution in [2.75, 3.05) is 24.7 Å². The molecule has 31 heavy (non-hydrogen) atoms. The third-order valence-electron chi connectivity index (χ3n) is 4.52. The summed E-state index contributed by atoms with van der Waals surface area (Å²) in [6, 6.07) is 14.1. The summed E-state index contributed by atoms with van der Waals surface area (Å²) in [5.41, 5.74) is 7.96. The molecule has 4 rings (SSSR count). The van der Waals surface area contributed by atoms with E-state index in [0.717, 1.165) is 22.1 Å². The average Bonchev–Trinajstić information content (AvgIpc) is 3.16. The Labute approximate surface area is 184 Å². The van der Waals surface area contributed by atoms with Crippen molar-refractivity contribution in [3.8, 4) is 11.4 Å². The van der Waals surface area contributed by atoms with E-state index in [1.807, 2.05) is 51.4 Å². The van der Waals surface area contributed by atoms with E-state index in [-0.39, 0.29) is 11.2 Å². The van der Waals surface area contributed by atoms with Gasteiger partial charge in [0.05, 0.1) is 11.8 Å². The quantitative estimate of drug-likeness (QED) is 0.439. The van der Waals surface area contributed by atoms with Crippen molar-refractivity contribution in [3.05, 3.63) is 66.2 Å². The fourth-order valence-electron chi connectivity index (χ4n) is 2.98. The Balaban J connectivity index is 1.69. The number of pyridine rings is 1. The number of rotatable bonds is 7. The maximum atomic E-state index is 5.90. The van der Waals surface area contributed by atoms with Gasteiger partial charge in [0.2, 0.25) is 11.9 Å². The number of aromatic nitrogens is 7. The van der Waals surface area contributed by atoms with Crippen molar-refractivity contribution in [1.82, 2.24) is 34.7 Å². The van der Waals surface area contributed by atoms with Gasteiger partial charge in [-0.15, -0.1) is 10.2 Å². The van der Waals surface area contributed by atoms with Gasteiger partial charge < -0.3 is 10.6 Å². The normalized spacial score (nSPS) is 12.0. The smallest absolute Gasteiger partial charge is 0.229 e. The van der Waals surface area contributed by atoms with Gasteiger partial charge in [0.25, 0.3) is 0 Å². The second kappa shape index (κ2) is 9.09. The molecule has 0 bridgehead atoms. The Morgan fingerprint density at radius 2 is 1.84 bits per heavy atom. The molecule has 158 valence electrons. The van der Waals surface area contributed by atoms with Crippen LogP contribution in [0.5, 0.6) is 0 Å². The number of hydrogen-bond acceptors (Lipinski definition) is 9. The molecule has 0 aliphatic heterocycles. The van der Waals surface area contributed by atoms with Crippen LogP contribution < -0.4 is 10.6 Å². The lowest BCUT2D eigenvalue weighted by molar-refractivity contribution is 0.711. The van der Waals surface area contributed by atoms with Gasteiger partial charge in [-0.2, -0.15) is 15.0 Å². The molecule has 0 aliphatic carbocycles. The van der Waals surface area contributed by atoms with Crippen LogP contribution in [0.3, 0.4) is 0 Å². The summed E-state index contributed by atoms with van der Waals surface area (Å²) in [4.78, 5) is 19.1. The van der Waals surface area contributed by atoms with Crippen LogP contribution >= 0.6 is 11.8 Å². The first-order chi connectivity index (χ1) is 15.0. The molecule has 0 spiro atoms. The van der Waals surface area contributed by atoms with Gasteiger partial charge in [-0.05, 0) is 24.6 Å². The third-order valence-corrected chi connectivity index (χ3v) is 5.60. The highest BCUT2D eigenvalue weighted by atomic mass is 32.2. The Kier molecular flexibility index (Phi) is 6.08. The predicted octanol–water partition coefficient (Wildman–Crippen LogP) is 3.07. The summed E-state index contributed by atoms with van der Waals surface area (Å²) < 4.78 is 2.09. The zero-order chi connectivity index (χ0) is 21.8. The number of anilines is 2. The Morgan fingerprint density at radius 1 is 1.03 bits per heavy atom. The summed E-state index contributed by atoms with van der Waals surface area (Å²) in [6.45, 7) is 2.65. The number of benzene rings is 1. The van der Waals surface area contributed by atoms with Crippen LogP contribution in [0.1, 0.15) is 23.6 Å². The third kappa shape index (κ3) is 4.80. The second-order valence-corrected chi connectivity index (χ2v) is 8.43. The SMILES string of the molecule is C[C@H](Sc1nnc(-c2cccnc2)n1Cc1ccccc1)c1nc(N)nc(N(C)C)n1.